The van der Waals surface area contributed by atoms with Crippen molar-refractivity contribution < 1.29 is 8.94 Å². The van der Waals surface area contributed by atoms with Gasteiger partial charge >= 0.3 is 0 Å². The average molecular weight is 283 g/mol. The molecule has 2 N–H and O–H groups in total. The fraction of sp³-hybridized carbons (Fsp3) is 0.250. The summed E-state index contributed by atoms with van der Waals surface area (Å²) in [5.41, 5.74) is 8.34. The van der Waals surface area contributed by atoms with Crippen LogP contribution in [0.3, 0.4) is 0 Å². The molecule has 5 nitrogen and oxygen atoms in total. The lowest BCUT2D eigenvalue weighted by molar-refractivity contribution is 0.348. The van der Waals surface area contributed by atoms with Crippen LogP contribution in [0.15, 0.2) is 51.6 Å². The number of hydrogen-bond acceptors (Lipinski definition) is 5. The van der Waals surface area contributed by atoms with Gasteiger partial charge in [-0.15, -0.1) is 0 Å². The lowest BCUT2D eigenvalue weighted by atomic mass is 10.1. The highest BCUT2D eigenvalue weighted by molar-refractivity contribution is 5.51. The van der Waals surface area contributed by atoms with E-state index in [1.54, 1.807) is 6.26 Å². The Bertz CT molecular complexity index is 703. The first-order valence-corrected chi connectivity index (χ1v) is 6.91. The van der Waals surface area contributed by atoms with E-state index in [1.165, 1.54) is 5.56 Å². The molecule has 0 aliphatic carbocycles. The van der Waals surface area contributed by atoms with Gasteiger partial charge in [0, 0.05) is 0 Å². The highest BCUT2D eigenvalue weighted by atomic mass is 16.5. The van der Waals surface area contributed by atoms with E-state index in [9.17, 15) is 0 Å². The van der Waals surface area contributed by atoms with Crippen LogP contribution in [0.2, 0.25) is 0 Å². The van der Waals surface area contributed by atoms with Crippen molar-refractivity contribution in [3.8, 4) is 11.6 Å². The van der Waals surface area contributed by atoms with Crippen LogP contribution in [-0.4, -0.2) is 10.1 Å². The zero-order valence-electron chi connectivity index (χ0n) is 11.8. The third-order valence-electron chi connectivity index (χ3n) is 3.41. The molecule has 0 unspecified atom stereocenters. The number of rotatable bonds is 5. The molecule has 0 spiro atoms. The van der Waals surface area contributed by atoms with Crippen molar-refractivity contribution >= 4 is 0 Å². The van der Waals surface area contributed by atoms with E-state index in [-0.39, 0.29) is 6.04 Å². The molecule has 108 valence electrons. The Hall–Kier alpha value is -2.40. The van der Waals surface area contributed by atoms with Crippen LogP contribution >= 0.6 is 0 Å². The summed E-state index contributed by atoms with van der Waals surface area (Å²) < 4.78 is 10.6. The van der Waals surface area contributed by atoms with Crippen LogP contribution in [0.25, 0.3) is 11.6 Å². The van der Waals surface area contributed by atoms with Gasteiger partial charge in [0.2, 0.25) is 11.7 Å². The van der Waals surface area contributed by atoms with E-state index in [1.807, 2.05) is 31.2 Å². The normalized spacial score (nSPS) is 12.5. The van der Waals surface area contributed by atoms with Crippen molar-refractivity contribution in [2.24, 2.45) is 5.73 Å². The SMILES string of the molecule is Cc1ccoc1-c1noc([C@@H](N)CCc2ccccc2)n1. The molecule has 1 atom stereocenters. The van der Waals surface area contributed by atoms with Gasteiger partial charge in [-0.25, -0.2) is 0 Å². The number of furan rings is 1. The van der Waals surface area contributed by atoms with Crippen LogP contribution < -0.4 is 5.73 Å². The largest absolute Gasteiger partial charge is 0.461 e. The lowest BCUT2D eigenvalue weighted by Crippen LogP contribution is -2.11. The molecule has 0 saturated carbocycles. The van der Waals surface area contributed by atoms with Crippen molar-refractivity contribution in [1.29, 1.82) is 0 Å². The standard InChI is InChI=1S/C16H17N3O2/c1-11-9-10-20-14(11)15-18-16(21-19-15)13(17)8-7-12-5-3-2-4-6-12/h2-6,9-10,13H,7-8,17H2,1H3/t13-/m0/s1. The second-order valence-electron chi connectivity index (χ2n) is 5.02. The molecular weight excluding hydrogens is 266 g/mol. The van der Waals surface area contributed by atoms with Gasteiger partial charge in [-0.2, -0.15) is 4.98 Å². The summed E-state index contributed by atoms with van der Waals surface area (Å²) in [6.45, 7) is 1.93. The second-order valence-corrected chi connectivity index (χ2v) is 5.02. The van der Waals surface area contributed by atoms with E-state index < -0.39 is 0 Å². The minimum atomic E-state index is -0.276. The van der Waals surface area contributed by atoms with Crippen molar-refractivity contribution in [3.05, 3.63) is 59.7 Å². The van der Waals surface area contributed by atoms with Gasteiger partial charge in [0.05, 0.1) is 12.3 Å². The first-order chi connectivity index (χ1) is 10.2. The summed E-state index contributed by atoms with van der Waals surface area (Å²) in [5.74, 6) is 1.51. The molecule has 1 aromatic carbocycles. The second kappa shape index (κ2) is 5.93. The quantitative estimate of drug-likeness (QED) is 0.777. The highest BCUT2D eigenvalue weighted by Crippen LogP contribution is 2.23. The number of aryl methyl sites for hydroxylation is 2. The molecule has 0 fully saturated rings. The average Bonchev–Trinajstić information content (AvgIpc) is 3.14. The summed E-state index contributed by atoms with van der Waals surface area (Å²) in [4.78, 5) is 4.33. The topological polar surface area (TPSA) is 78.1 Å². The van der Waals surface area contributed by atoms with Crippen molar-refractivity contribution in [3.63, 3.8) is 0 Å². The van der Waals surface area contributed by atoms with Crippen LogP contribution in [0, 0.1) is 6.92 Å². The summed E-state index contributed by atoms with van der Waals surface area (Å²) in [6.07, 6.45) is 3.23. The molecule has 0 aliphatic heterocycles. The highest BCUT2D eigenvalue weighted by Gasteiger charge is 2.18. The van der Waals surface area contributed by atoms with Gasteiger partial charge in [-0.1, -0.05) is 35.5 Å². The number of nitrogens with zero attached hydrogens (tertiary/aromatic N) is 2. The summed E-state index contributed by atoms with van der Waals surface area (Å²) >= 11 is 0. The van der Waals surface area contributed by atoms with E-state index in [0.717, 1.165) is 18.4 Å². The van der Waals surface area contributed by atoms with Gasteiger partial charge in [-0.05, 0) is 37.0 Å². The van der Waals surface area contributed by atoms with Gasteiger partial charge in [0.25, 0.3) is 0 Å². The van der Waals surface area contributed by atoms with Gasteiger partial charge < -0.3 is 14.7 Å². The van der Waals surface area contributed by atoms with E-state index in [4.69, 9.17) is 14.7 Å². The molecule has 0 amide bonds. The molecule has 0 saturated heterocycles. The number of nitrogens with two attached hydrogens (primary N) is 1. The van der Waals surface area contributed by atoms with Crippen molar-refractivity contribution in [1.82, 2.24) is 10.1 Å². The van der Waals surface area contributed by atoms with E-state index >= 15 is 0 Å². The monoisotopic (exact) mass is 283 g/mol. The molecule has 2 heterocycles. The van der Waals surface area contributed by atoms with Gasteiger partial charge in [0.15, 0.2) is 5.76 Å². The zero-order valence-corrected chi connectivity index (χ0v) is 11.8. The lowest BCUT2D eigenvalue weighted by Gasteiger charge is -2.06. The Balaban J connectivity index is 1.67. The molecule has 21 heavy (non-hydrogen) atoms. The molecule has 3 rings (SSSR count). The minimum Gasteiger partial charge on any atom is -0.461 e. The smallest absolute Gasteiger partial charge is 0.243 e. The molecular formula is C16H17N3O2. The van der Waals surface area contributed by atoms with E-state index in [0.29, 0.717) is 17.5 Å². The first kappa shape index (κ1) is 13.6. The fourth-order valence-corrected chi connectivity index (χ4v) is 2.17. The Kier molecular flexibility index (Phi) is 3.83. The predicted molar refractivity (Wildman–Crippen MR) is 78.4 cm³/mol. The van der Waals surface area contributed by atoms with Crippen LogP contribution in [0.4, 0.5) is 0 Å². The molecule has 0 aliphatic rings. The van der Waals surface area contributed by atoms with Crippen molar-refractivity contribution in [2.75, 3.05) is 0 Å². The third kappa shape index (κ3) is 3.03. The predicted octanol–water partition coefficient (Wildman–Crippen LogP) is 3.27. The zero-order chi connectivity index (χ0) is 14.7. The summed E-state index contributed by atoms with van der Waals surface area (Å²) in [6, 6.07) is 11.8. The minimum absolute atomic E-state index is 0.276. The third-order valence-corrected chi connectivity index (χ3v) is 3.41. The summed E-state index contributed by atoms with van der Waals surface area (Å²) in [5, 5.41) is 3.94. The number of hydrogen-bond donors (Lipinski definition) is 1. The maximum absolute atomic E-state index is 6.12. The molecule has 0 bridgehead atoms. The van der Waals surface area contributed by atoms with Crippen LogP contribution in [0.1, 0.15) is 29.5 Å². The van der Waals surface area contributed by atoms with Gasteiger partial charge in [0.1, 0.15) is 0 Å². The fourth-order valence-electron chi connectivity index (χ4n) is 2.17. The molecule has 3 aromatic rings. The Labute approximate surface area is 122 Å². The summed E-state index contributed by atoms with van der Waals surface area (Å²) in [7, 11) is 0. The van der Waals surface area contributed by atoms with Crippen molar-refractivity contribution in [2.45, 2.75) is 25.8 Å². The maximum atomic E-state index is 6.12. The van der Waals surface area contributed by atoms with Crippen LogP contribution in [-0.2, 0) is 6.42 Å². The van der Waals surface area contributed by atoms with Gasteiger partial charge in [-0.3, -0.25) is 0 Å². The Morgan fingerprint density at radius 1 is 1.19 bits per heavy atom. The number of aromatic nitrogens is 2. The Morgan fingerprint density at radius 2 is 2.00 bits per heavy atom. The molecule has 2 aromatic heterocycles. The van der Waals surface area contributed by atoms with Crippen LogP contribution in [0.5, 0.6) is 0 Å². The molecule has 5 heteroatoms. The maximum Gasteiger partial charge on any atom is 0.243 e. The first-order valence-electron chi connectivity index (χ1n) is 6.91. The number of benzene rings is 1. The van der Waals surface area contributed by atoms with E-state index in [2.05, 4.69) is 22.3 Å². The molecule has 0 radical (unpaired) electrons. The Morgan fingerprint density at radius 3 is 2.71 bits per heavy atom.